The Bertz CT molecular complexity index is 827. The maximum Gasteiger partial charge on any atom is 0.410 e. The lowest BCUT2D eigenvalue weighted by Crippen LogP contribution is -2.64. The van der Waals surface area contributed by atoms with Crippen LogP contribution in [0.15, 0.2) is 34.3 Å². The smallest absolute Gasteiger partial charge is 0.410 e. The molecule has 1 aliphatic carbocycles. The molecule has 1 amide bonds. The van der Waals surface area contributed by atoms with E-state index in [4.69, 9.17) is 4.74 Å². The molecule has 3 rings (SSSR count). The molecule has 0 bridgehead atoms. The van der Waals surface area contributed by atoms with Gasteiger partial charge in [-0.25, -0.2) is 9.63 Å². The highest BCUT2D eigenvalue weighted by Crippen LogP contribution is 2.51. The third-order valence-electron chi connectivity index (χ3n) is 4.88. The van der Waals surface area contributed by atoms with Gasteiger partial charge in [0.15, 0.2) is 0 Å². The maximum atomic E-state index is 12.2. The lowest BCUT2D eigenvalue weighted by molar-refractivity contribution is -0.0805. The van der Waals surface area contributed by atoms with Crippen molar-refractivity contribution in [3.63, 3.8) is 0 Å². The fourth-order valence-electron chi connectivity index (χ4n) is 3.61. The highest BCUT2D eigenvalue weighted by Gasteiger charge is 2.53. The topological polar surface area (TPSA) is 88.1 Å². The van der Waals surface area contributed by atoms with E-state index in [-0.39, 0.29) is 22.3 Å². The standard InChI is InChI=1S/C19H27N3O4S/c1-14-5-7-16(8-6-14)27(24,25)21-20-11-15-9-19(10-15)12-22(13-19)17(23)26-18(2,3)4/h5-8,11,15,21H,9-10,12-13H2,1-4H3/b20-11+. The SMILES string of the molecule is Cc1ccc(S(=O)(=O)N/N=C/C2CC3(C2)CN(C(=O)OC(C)(C)C)C3)cc1. The van der Waals surface area contributed by atoms with E-state index < -0.39 is 15.6 Å². The van der Waals surface area contributed by atoms with Gasteiger partial charge >= 0.3 is 6.09 Å². The zero-order chi connectivity index (χ0) is 19.9. The number of amides is 1. The molecule has 7 nitrogen and oxygen atoms in total. The van der Waals surface area contributed by atoms with Crippen molar-refractivity contribution in [3.05, 3.63) is 29.8 Å². The largest absolute Gasteiger partial charge is 0.444 e. The van der Waals surface area contributed by atoms with Crippen LogP contribution < -0.4 is 4.83 Å². The van der Waals surface area contributed by atoms with E-state index in [0.29, 0.717) is 13.1 Å². The predicted molar refractivity (Wildman–Crippen MR) is 103 cm³/mol. The predicted octanol–water partition coefficient (Wildman–Crippen LogP) is 2.91. The van der Waals surface area contributed by atoms with Gasteiger partial charge in [0.1, 0.15) is 5.60 Å². The second-order valence-electron chi connectivity index (χ2n) is 8.69. The maximum absolute atomic E-state index is 12.2. The van der Waals surface area contributed by atoms with Crippen molar-refractivity contribution in [3.8, 4) is 0 Å². The molecule has 1 saturated carbocycles. The fraction of sp³-hybridized carbons (Fsp3) is 0.579. The first-order chi connectivity index (χ1) is 12.5. The van der Waals surface area contributed by atoms with Gasteiger partial charge in [-0.3, -0.25) is 0 Å². The van der Waals surface area contributed by atoms with Gasteiger partial charge in [-0.1, -0.05) is 17.7 Å². The Balaban J connectivity index is 1.43. The number of likely N-dealkylation sites (tertiary alicyclic amines) is 1. The first-order valence-electron chi connectivity index (χ1n) is 9.08. The summed E-state index contributed by atoms with van der Waals surface area (Å²) in [4.78, 5) is 16.2. The molecule has 1 aromatic carbocycles. The van der Waals surface area contributed by atoms with Gasteiger partial charge < -0.3 is 9.64 Å². The van der Waals surface area contributed by atoms with E-state index in [1.807, 2.05) is 27.7 Å². The van der Waals surface area contributed by atoms with Crippen LogP contribution in [0.4, 0.5) is 4.79 Å². The van der Waals surface area contributed by atoms with Crippen molar-refractivity contribution in [1.29, 1.82) is 0 Å². The van der Waals surface area contributed by atoms with Crippen molar-refractivity contribution in [2.45, 2.75) is 51.0 Å². The van der Waals surface area contributed by atoms with Crippen LogP contribution in [-0.2, 0) is 14.8 Å². The summed E-state index contributed by atoms with van der Waals surface area (Å²) in [5.74, 6) is 0.228. The van der Waals surface area contributed by atoms with Gasteiger partial charge in [0, 0.05) is 24.7 Å². The molecule has 1 aromatic rings. The number of aryl methyl sites for hydroxylation is 1. The van der Waals surface area contributed by atoms with Crippen molar-refractivity contribution in [2.24, 2.45) is 16.4 Å². The van der Waals surface area contributed by atoms with Crippen LogP contribution in [-0.4, -0.2) is 44.3 Å². The number of carbonyl (C=O) groups is 1. The van der Waals surface area contributed by atoms with Crippen molar-refractivity contribution < 1.29 is 17.9 Å². The number of carbonyl (C=O) groups excluding carboxylic acids is 1. The number of hydrazone groups is 1. The summed E-state index contributed by atoms with van der Waals surface area (Å²) in [5, 5.41) is 3.92. The van der Waals surface area contributed by atoms with Crippen LogP contribution in [0, 0.1) is 18.3 Å². The summed E-state index contributed by atoms with van der Waals surface area (Å²) < 4.78 is 29.7. The number of rotatable bonds is 4. The van der Waals surface area contributed by atoms with Crippen LogP contribution in [0.5, 0.6) is 0 Å². The number of benzene rings is 1. The molecule has 27 heavy (non-hydrogen) atoms. The summed E-state index contributed by atoms with van der Waals surface area (Å²) in [6, 6.07) is 6.62. The number of nitrogens with zero attached hydrogens (tertiary/aromatic N) is 2. The van der Waals surface area contributed by atoms with Gasteiger partial charge in [0.25, 0.3) is 10.0 Å². The minimum absolute atomic E-state index is 0.142. The molecule has 2 aliphatic rings. The monoisotopic (exact) mass is 393 g/mol. The molecule has 1 aliphatic heterocycles. The average molecular weight is 394 g/mol. The molecule has 1 saturated heterocycles. The summed E-state index contributed by atoms with van der Waals surface area (Å²) >= 11 is 0. The van der Waals surface area contributed by atoms with Gasteiger partial charge in [0.05, 0.1) is 4.90 Å². The Kier molecular flexibility index (Phi) is 4.96. The molecule has 2 fully saturated rings. The minimum atomic E-state index is -3.63. The second-order valence-corrected chi connectivity index (χ2v) is 10.4. The molecule has 1 spiro atoms. The summed E-state index contributed by atoms with van der Waals surface area (Å²) in [5.41, 5.74) is 0.658. The molecule has 0 atom stereocenters. The molecule has 8 heteroatoms. The van der Waals surface area contributed by atoms with Crippen molar-refractivity contribution in [1.82, 2.24) is 9.73 Å². The normalized spacial score (nSPS) is 19.6. The van der Waals surface area contributed by atoms with E-state index >= 15 is 0 Å². The van der Waals surface area contributed by atoms with Gasteiger partial charge in [-0.2, -0.15) is 13.5 Å². The first-order valence-corrected chi connectivity index (χ1v) is 10.6. The molecular weight excluding hydrogens is 366 g/mol. The Labute approximate surface area is 160 Å². The molecule has 1 N–H and O–H groups in total. The van der Waals surface area contributed by atoms with Crippen molar-refractivity contribution >= 4 is 22.3 Å². The van der Waals surface area contributed by atoms with Crippen LogP contribution in [0.25, 0.3) is 0 Å². The summed E-state index contributed by atoms with van der Waals surface area (Å²) in [7, 11) is -3.63. The zero-order valence-electron chi connectivity index (χ0n) is 16.2. The van der Waals surface area contributed by atoms with E-state index in [1.165, 1.54) is 0 Å². The van der Waals surface area contributed by atoms with Crippen molar-refractivity contribution in [2.75, 3.05) is 13.1 Å². The number of hydrogen-bond donors (Lipinski definition) is 1. The highest BCUT2D eigenvalue weighted by atomic mass is 32.2. The molecule has 0 aromatic heterocycles. The fourth-order valence-corrected chi connectivity index (χ4v) is 4.41. The minimum Gasteiger partial charge on any atom is -0.444 e. The molecule has 0 radical (unpaired) electrons. The Morgan fingerprint density at radius 3 is 2.41 bits per heavy atom. The Morgan fingerprint density at radius 2 is 1.85 bits per heavy atom. The highest BCUT2D eigenvalue weighted by molar-refractivity contribution is 7.89. The number of ether oxygens (including phenoxy) is 1. The van der Waals surface area contributed by atoms with Gasteiger partial charge in [-0.05, 0) is 58.6 Å². The van der Waals surface area contributed by atoms with E-state index in [9.17, 15) is 13.2 Å². The number of nitrogens with one attached hydrogen (secondary N) is 1. The lowest BCUT2D eigenvalue weighted by Gasteiger charge is -2.58. The third-order valence-corrected chi connectivity index (χ3v) is 6.12. The van der Waals surface area contributed by atoms with Crippen LogP contribution in [0.2, 0.25) is 0 Å². The lowest BCUT2D eigenvalue weighted by atomic mass is 9.58. The molecular formula is C19H27N3O4S. The van der Waals surface area contributed by atoms with E-state index in [1.54, 1.807) is 35.4 Å². The van der Waals surface area contributed by atoms with Gasteiger partial charge in [0.2, 0.25) is 0 Å². The third kappa shape index (κ3) is 4.61. The molecule has 1 heterocycles. The summed E-state index contributed by atoms with van der Waals surface area (Å²) in [6.07, 6.45) is 3.20. The van der Waals surface area contributed by atoms with Crippen LogP contribution >= 0.6 is 0 Å². The van der Waals surface area contributed by atoms with Crippen LogP contribution in [0.1, 0.15) is 39.2 Å². The van der Waals surface area contributed by atoms with E-state index in [0.717, 1.165) is 18.4 Å². The summed E-state index contributed by atoms with van der Waals surface area (Å²) in [6.45, 7) is 8.86. The quantitative estimate of drug-likeness (QED) is 0.629. The average Bonchev–Trinajstić information content (AvgIpc) is 2.45. The Hall–Kier alpha value is -2.09. The zero-order valence-corrected chi connectivity index (χ0v) is 17.0. The first kappa shape index (κ1) is 19.7. The Morgan fingerprint density at radius 1 is 1.26 bits per heavy atom. The van der Waals surface area contributed by atoms with Gasteiger partial charge in [-0.15, -0.1) is 0 Å². The number of hydrogen-bond acceptors (Lipinski definition) is 5. The molecule has 0 unspecified atom stereocenters. The number of sulfonamides is 1. The van der Waals surface area contributed by atoms with Crippen LogP contribution in [0.3, 0.4) is 0 Å². The van der Waals surface area contributed by atoms with E-state index in [2.05, 4.69) is 9.93 Å². The second kappa shape index (κ2) is 6.82. The molecule has 148 valence electrons.